The molecule has 0 bridgehead atoms. The maximum Gasteiger partial charge on any atom is 0.186 e. The molecule has 4 rings (SSSR count). The number of rotatable bonds is 9. The number of aromatic nitrogens is 6. The molecule has 0 aliphatic heterocycles. The Labute approximate surface area is 198 Å². The minimum atomic E-state index is 0.250. The van der Waals surface area contributed by atoms with Gasteiger partial charge in [-0.3, -0.25) is 9.69 Å². The fourth-order valence-corrected chi connectivity index (χ4v) is 3.26. The van der Waals surface area contributed by atoms with Crippen LogP contribution in [0.25, 0.3) is 22.6 Å². The van der Waals surface area contributed by atoms with Crippen LogP contribution in [0.2, 0.25) is 0 Å². The molecule has 3 aromatic heterocycles. The molecule has 4 aromatic rings. The van der Waals surface area contributed by atoms with Crippen LogP contribution in [-0.2, 0) is 13.6 Å². The molecule has 0 saturated carbocycles. The molecule has 34 heavy (non-hydrogen) atoms. The monoisotopic (exact) mass is 460 g/mol. The summed E-state index contributed by atoms with van der Waals surface area (Å²) in [6.07, 6.45) is 8.54. The Balaban J connectivity index is 1.47. The SMILES string of the molecule is CN(C)CCOc1cnc(-c2cccc(CN(N)c3nc(-c4cnn(C)c4)cnc3N)c2)nc1. The lowest BCUT2D eigenvalue weighted by Crippen LogP contribution is -2.32. The molecule has 4 N–H and O–H groups in total. The number of benzene rings is 1. The topological polar surface area (TPSA) is 137 Å². The number of nitrogen functional groups attached to an aromatic ring is 1. The summed E-state index contributed by atoms with van der Waals surface area (Å²) in [5, 5.41) is 5.65. The second kappa shape index (κ2) is 10.2. The van der Waals surface area contributed by atoms with Crippen LogP contribution in [0, 0.1) is 0 Å². The number of nitrogens with two attached hydrogens (primary N) is 2. The van der Waals surface area contributed by atoms with Crippen LogP contribution in [0.15, 0.2) is 55.2 Å². The van der Waals surface area contributed by atoms with E-state index in [0.717, 1.165) is 23.2 Å². The Morgan fingerprint density at radius 2 is 1.82 bits per heavy atom. The summed E-state index contributed by atoms with van der Waals surface area (Å²) >= 11 is 0. The highest BCUT2D eigenvalue weighted by Crippen LogP contribution is 2.24. The summed E-state index contributed by atoms with van der Waals surface area (Å²) in [5.41, 5.74) is 9.35. The van der Waals surface area contributed by atoms with Crippen molar-refractivity contribution in [2.75, 3.05) is 38.0 Å². The smallest absolute Gasteiger partial charge is 0.186 e. The third kappa shape index (κ3) is 5.63. The Morgan fingerprint density at radius 3 is 2.53 bits per heavy atom. The highest BCUT2D eigenvalue weighted by Gasteiger charge is 2.14. The van der Waals surface area contributed by atoms with E-state index < -0.39 is 0 Å². The largest absolute Gasteiger partial charge is 0.489 e. The van der Waals surface area contributed by atoms with Crippen LogP contribution < -0.4 is 21.3 Å². The molecule has 3 heterocycles. The molecule has 176 valence electrons. The van der Waals surface area contributed by atoms with Crippen molar-refractivity contribution in [1.29, 1.82) is 0 Å². The zero-order valence-corrected chi connectivity index (χ0v) is 19.5. The van der Waals surface area contributed by atoms with E-state index >= 15 is 0 Å². The number of nitrogens with zero attached hydrogens (tertiary/aromatic N) is 8. The van der Waals surface area contributed by atoms with Crippen molar-refractivity contribution < 1.29 is 4.74 Å². The third-order valence-corrected chi connectivity index (χ3v) is 5.03. The van der Waals surface area contributed by atoms with Gasteiger partial charge in [0.1, 0.15) is 6.61 Å². The van der Waals surface area contributed by atoms with Crippen molar-refractivity contribution in [1.82, 2.24) is 34.6 Å². The molecule has 0 unspecified atom stereocenters. The average Bonchev–Trinajstić information content (AvgIpc) is 3.26. The summed E-state index contributed by atoms with van der Waals surface area (Å²) in [4.78, 5) is 19.8. The summed E-state index contributed by atoms with van der Waals surface area (Å²) < 4.78 is 7.37. The minimum absolute atomic E-state index is 0.250. The van der Waals surface area contributed by atoms with Gasteiger partial charge in [0.25, 0.3) is 0 Å². The lowest BCUT2D eigenvalue weighted by Gasteiger charge is -2.19. The fraction of sp³-hybridized carbons (Fsp3) is 0.261. The number of anilines is 2. The van der Waals surface area contributed by atoms with Gasteiger partial charge in [0.05, 0.1) is 37.0 Å². The number of hydrogen-bond acceptors (Lipinski definition) is 10. The van der Waals surface area contributed by atoms with Crippen molar-refractivity contribution >= 4 is 11.6 Å². The van der Waals surface area contributed by atoms with Crippen LogP contribution in [-0.4, -0.2) is 61.9 Å². The van der Waals surface area contributed by atoms with E-state index in [1.54, 1.807) is 29.5 Å². The van der Waals surface area contributed by atoms with Crippen molar-refractivity contribution in [3.8, 4) is 28.4 Å². The quantitative estimate of drug-likeness (QED) is 0.281. The Hall–Kier alpha value is -4.09. The second-order valence-electron chi connectivity index (χ2n) is 8.09. The predicted octanol–water partition coefficient (Wildman–Crippen LogP) is 1.74. The highest BCUT2D eigenvalue weighted by atomic mass is 16.5. The summed E-state index contributed by atoms with van der Waals surface area (Å²) in [5.74, 6) is 8.21. The number of hydrogen-bond donors (Lipinski definition) is 2. The molecule has 0 saturated heterocycles. The van der Waals surface area contributed by atoms with Gasteiger partial charge >= 0.3 is 0 Å². The Kier molecular flexibility index (Phi) is 6.95. The van der Waals surface area contributed by atoms with Gasteiger partial charge in [-0.1, -0.05) is 18.2 Å². The van der Waals surface area contributed by atoms with Gasteiger partial charge in [-0.25, -0.2) is 25.8 Å². The second-order valence-corrected chi connectivity index (χ2v) is 8.09. The van der Waals surface area contributed by atoms with E-state index in [1.807, 2.05) is 51.6 Å². The number of likely N-dealkylation sites (N-methyl/N-ethyl adjacent to an activating group) is 1. The molecule has 0 amide bonds. The average molecular weight is 461 g/mol. The molecular weight excluding hydrogens is 432 g/mol. The number of hydrazine groups is 1. The molecule has 0 radical (unpaired) electrons. The van der Waals surface area contributed by atoms with Crippen LogP contribution in [0.1, 0.15) is 5.56 Å². The van der Waals surface area contributed by atoms with E-state index in [9.17, 15) is 0 Å². The van der Waals surface area contributed by atoms with E-state index in [1.165, 1.54) is 5.01 Å². The normalized spacial score (nSPS) is 11.1. The highest BCUT2D eigenvalue weighted by molar-refractivity contribution is 5.65. The number of aryl methyl sites for hydroxylation is 1. The molecule has 0 aliphatic rings. The zero-order chi connectivity index (χ0) is 24.1. The standard InChI is InChI=1S/C23H28N10O/c1-31(2)7-8-34-19-11-27-22(28-12-19)17-6-4-5-16(9-17)14-33(25)23-21(24)26-13-20(30-23)18-10-29-32(3)15-18/h4-6,9-13,15H,7-8,14,25H2,1-3H3,(H2,24,26). The van der Waals surface area contributed by atoms with Gasteiger partial charge in [-0.2, -0.15) is 5.10 Å². The summed E-state index contributed by atoms with van der Waals surface area (Å²) in [6, 6.07) is 7.83. The first-order valence-electron chi connectivity index (χ1n) is 10.7. The van der Waals surface area contributed by atoms with Gasteiger partial charge in [0.15, 0.2) is 23.2 Å². The van der Waals surface area contributed by atoms with Crippen LogP contribution in [0.5, 0.6) is 5.75 Å². The van der Waals surface area contributed by atoms with E-state index in [2.05, 4.69) is 29.9 Å². The summed E-state index contributed by atoms with van der Waals surface area (Å²) in [6.45, 7) is 1.76. The Morgan fingerprint density at radius 1 is 1.03 bits per heavy atom. The maximum atomic E-state index is 6.34. The van der Waals surface area contributed by atoms with Crippen molar-refractivity contribution in [3.05, 3.63) is 60.8 Å². The van der Waals surface area contributed by atoms with Crippen molar-refractivity contribution in [2.45, 2.75) is 6.54 Å². The van der Waals surface area contributed by atoms with Gasteiger partial charge in [0, 0.05) is 30.9 Å². The molecule has 1 aromatic carbocycles. The maximum absolute atomic E-state index is 6.34. The molecule has 11 nitrogen and oxygen atoms in total. The molecular formula is C23H28N10O. The van der Waals surface area contributed by atoms with Crippen LogP contribution >= 0.6 is 0 Å². The molecule has 0 spiro atoms. The van der Waals surface area contributed by atoms with Gasteiger partial charge in [-0.15, -0.1) is 0 Å². The lowest BCUT2D eigenvalue weighted by atomic mass is 10.1. The summed E-state index contributed by atoms with van der Waals surface area (Å²) in [7, 11) is 5.83. The van der Waals surface area contributed by atoms with E-state index in [4.69, 9.17) is 16.3 Å². The molecule has 0 atom stereocenters. The first kappa shape index (κ1) is 23.1. The van der Waals surface area contributed by atoms with Gasteiger partial charge in [0.2, 0.25) is 0 Å². The van der Waals surface area contributed by atoms with Crippen LogP contribution in [0.3, 0.4) is 0 Å². The van der Waals surface area contributed by atoms with Gasteiger partial charge < -0.3 is 15.4 Å². The molecule has 11 heteroatoms. The molecule has 0 aliphatic carbocycles. The van der Waals surface area contributed by atoms with Crippen molar-refractivity contribution in [2.24, 2.45) is 12.9 Å². The first-order chi connectivity index (χ1) is 16.4. The van der Waals surface area contributed by atoms with E-state index in [-0.39, 0.29) is 5.82 Å². The fourth-order valence-electron chi connectivity index (χ4n) is 3.26. The first-order valence-corrected chi connectivity index (χ1v) is 10.7. The number of ether oxygens (including phenoxy) is 1. The van der Waals surface area contributed by atoms with E-state index in [0.29, 0.717) is 36.2 Å². The van der Waals surface area contributed by atoms with Gasteiger partial charge in [-0.05, 0) is 25.7 Å². The lowest BCUT2D eigenvalue weighted by molar-refractivity contribution is 0.260. The predicted molar refractivity (Wildman–Crippen MR) is 131 cm³/mol. The van der Waals surface area contributed by atoms with Crippen molar-refractivity contribution in [3.63, 3.8) is 0 Å². The minimum Gasteiger partial charge on any atom is -0.489 e. The van der Waals surface area contributed by atoms with Crippen LogP contribution in [0.4, 0.5) is 11.6 Å². The molecule has 0 fully saturated rings. The third-order valence-electron chi connectivity index (χ3n) is 5.03. The zero-order valence-electron chi connectivity index (χ0n) is 19.5. The Bertz CT molecular complexity index is 1240.